The lowest BCUT2D eigenvalue weighted by Gasteiger charge is -2.53. The van der Waals surface area contributed by atoms with Crippen molar-refractivity contribution in [1.82, 2.24) is 4.90 Å². The molecule has 4 aliphatic rings. The second-order valence-electron chi connectivity index (χ2n) is 9.55. The number of carbonyl (C=O) groups excluding carboxylic acids is 1. The number of fused-ring (bicyclic) bond motifs is 3. The third-order valence-corrected chi connectivity index (χ3v) is 7.82. The van der Waals surface area contributed by atoms with Gasteiger partial charge in [-0.15, -0.1) is 0 Å². The number of rotatable bonds is 6. The first-order valence-corrected chi connectivity index (χ1v) is 11.2. The van der Waals surface area contributed by atoms with Crippen molar-refractivity contribution in [2.45, 2.75) is 83.3 Å². The van der Waals surface area contributed by atoms with E-state index in [1.807, 2.05) is 35.2 Å². The molecule has 0 aromatic heterocycles. The van der Waals surface area contributed by atoms with Crippen LogP contribution in [0.4, 0.5) is 4.79 Å². The first-order valence-electron chi connectivity index (χ1n) is 11.2. The predicted octanol–water partition coefficient (Wildman–Crippen LogP) is 5.38. The van der Waals surface area contributed by atoms with Gasteiger partial charge < -0.3 is 14.7 Å². The molecule has 0 heterocycles. The van der Waals surface area contributed by atoms with Crippen LogP contribution in [0.2, 0.25) is 0 Å². The number of carboxylic acids is 1. The highest BCUT2D eigenvalue weighted by Crippen LogP contribution is 2.57. The monoisotopic (exact) mass is 399 g/mol. The summed E-state index contributed by atoms with van der Waals surface area (Å²) >= 11 is 0. The Balaban J connectivity index is 1.45. The van der Waals surface area contributed by atoms with Gasteiger partial charge in [-0.2, -0.15) is 0 Å². The van der Waals surface area contributed by atoms with Gasteiger partial charge in [-0.05, 0) is 62.3 Å². The Morgan fingerprint density at radius 2 is 1.59 bits per heavy atom. The minimum Gasteiger partial charge on any atom is -0.481 e. The number of hydrogen-bond acceptors (Lipinski definition) is 3. The highest BCUT2D eigenvalue weighted by atomic mass is 16.6. The standard InChI is InChI=1S/C24H33NO4/c26-21(27)24-14-11-23(12-15-24,13-16-24)18-25(20-9-5-2-6-10-20)22(28)29-17-19-7-3-1-4-8-19/h1,3-4,7-8,20H,2,5-6,9-18H2,(H,26,27). The van der Waals surface area contributed by atoms with Crippen LogP contribution in [0.25, 0.3) is 0 Å². The number of benzene rings is 1. The molecule has 1 N–H and O–H groups in total. The fourth-order valence-corrected chi connectivity index (χ4v) is 5.72. The van der Waals surface area contributed by atoms with Gasteiger partial charge in [0, 0.05) is 12.6 Å². The van der Waals surface area contributed by atoms with Crippen molar-refractivity contribution in [3.63, 3.8) is 0 Å². The smallest absolute Gasteiger partial charge is 0.410 e. The molecule has 1 aromatic rings. The lowest BCUT2D eigenvalue weighted by atomic mass is 9.53. The maximum absolute atomic E-state index is 13.1. The van der Waals surface area contributed by atoms with Crippen molar-refractivity contribution in [2.24, 2.45) is 10.8 Å². The SMILES string of the molecule is O=C(OCc1ccccc1)N(CC12CCC(C(=O)O)(CC1)CC2)C1CCCCC1. The van der Waals surface area contributed by atoms with E-state index >= 15 is 0 Å². The molecule has 2 bridgehead atoms. The van der Waals surface area contributed by atoms with Crippen LogP contribution in [0.5, 0.6) is 0 Å². The Bertz CT molecular complexity index is 701. The van der Waals surface area contributed by atoms with Crippen molar-refractivity contribution in [3.05, 3.63) is 35.9 Å². The summed E-state index contributed by atoms with van der Waals surface area (Å²) in [7, 11) is 0. The van der Waals surface area contributed by atoms with Crippen LogP contribution in [0.1, 0.15) is 76.2 Å². The second kappa shape index (κ2) is 8.37. The van der Waals surface area contributed by atoms with Gasteiger partial charge >= 0.3 is 12.1 Å². The Morgan fingerprint density at radius 1 is 0.966 bits per heavy atom. The average molecular weight is 400 g/mol. The van der Waals surface area contributed by atoms with Crippen molar-refractivity contribution in [1.29, 1.82) is 0 Å². The summed E-state index contributed by atoms with van der Waals surface area (Å²) in [5, 5.41) is 9.66. The van der Waals surface area contributed by atoms with Crippen LogP contribution >= 0.6 is 0 Å². The van der Waals surface area contributed by atoms with Crippen molar-refractivity contribution in [3.8, 4) is 0 Å². The van der Waals surface area contributed by atoms with Crippen molar-refractivity contribution in [2.75, 3.05) is 6.54 Å². The zero-order chi connectivity index (χ0) is 20.3. The molecule has 0 spiro atoms. The van der Waals surface area contributed by atoms with E-state index in [9.17, 15) is 14.7 Å². The summed E-state index contributed by atoms with van der Waals surface area (Å²) in [5.41, 5.74) is 0.565. The van der Waals surface area contributed by atoms with E-state index in [2.05, 4.69) is 0 Å². The maximum atomic E-state index is 13.1. The van der Waals surface area contributed by atoms with Crippen LogP contribution in [0.3, 0.4) is 0 Å². The van der Waals surface area contributed by atoms with E-state index in [0.717, 1.165) is 63.5 Å². The van der Waals surface area contributed by atoms with E-state index in [1.165, 1.54) is 19.3 Å². The highest BCUT2D eigenvalue weighted by molar-refractivity contribution is 5.75. The number of ether oxygens (including phenoxy) is 1. The molecule has 5 heteroatoms. The molecule has 4 saturated carbocycles. The lowest BCUT2D eigenvalue weighted by Crippen LogP contribution is -2.53. The zero-order valence-corrected chi connectivity index (χ0v) is 17.3. The molecular weight excluding hydrogens is 366 g/mol. The molecule has 0 saturated heterocycles. The molecule has 0 radical (unpaired) electrons. The minimum absolute atomic E-state index is 0.0699. The molecule has 158 valence electrons. The predicted molar refractivity (Wildman–Crippen MR) is 110 cm³/mol. The third-order valence-electron chi connectivity index (χ3n) is 7.82. The van der Waals surface area contributed by atoms with Crippen LogP contribution in [-0.4, -0.2) is 34.7 Å². The van der Waals surface area contributed by atoms with Crippen LogP contribution in [-0.2, 0) is 16.1 Å². The second-order valence-corrected chi connectivity index (χ2v) is 9.55. The molecule has 4 aliphatic carbocycles. The Kier molecular flexibility index (Phi) is 5.84. The van der Waals surface area contributed by atoms with Gasteiger partial charge in [-0.1, -0.05) is 49.6 Å². The summed E-state index contributed by atoms with van der Waals surface area (Å²) < 4.78 is 5.74. The van der Waals surface area contributed by atoms with Crippen LogP contribution in [0.15, 0.2) is 30.3 Å². The summed E-state index contributed by atoms with van der Waals surface area (Å²) in [5.74, 6) is -0.628. The number of carboxylic acid groups (broad SMARTS) is 1. The Morgan fingerprint density at radius 3 is 2.17 bits per heavy atom. The molecule has 4 fully saturated rings. The molecule has 29 heavy (non-hydrogen) atoms. The molecule has 1 aromatic carbocycles. The summed E-state index contributed by atoms with van der Waals surface area (Å²) in [6, 6.07) is 10.1. The van der Waals surface area contributed by atoms with E-state index in [-0.39, 0.29) is 17.6 Å². The Labute approximate surface area is 173 Å². The largest absolute Gasteiger partial charge is 0.481 e. The van der Waals surface area contributed by atoms with Gasteiger partial charge in [0.2, 0.25) is 0 Å². The molecule has 0 atom stereocenters. The fourth-order valence-electron chi connectivity index (χ4n) is 5.72. The summed E-state index contributed by atoms with van der Waals surface area (Å²) in [6.45, 7) is 1.03. The molecule has 5 rings (SSSR count). The zero-order valence-electron chi connectivity index (χ0n) is 17.3. The van der Waals surface area contributed by atoms with Crippen LogP contribution in [0, 0.1) is 10.8 Å². The molecule has 0 aliphatic heterocycles. The number of aliphatic carboxylic acids is 1. The van der Waals surface area contributed by atoms with Gasteiger partial charge in [-0.3, -0.25) is 4.79 Å². The summed E-state index contributed by atoms with van der Waals surface area (Å²) in [6.07, 6.45) is 10.5. The minimum atomic E-state index is -0.628. The van der Waals surface area contributed by atoms with E-state index < -0.39 is 11.4 Å². The van der Waals surface area contributed by atoms with Crippen molar-refractivity contribution >= 4 is 12.1 Å². The first-order chi connectivity index (χ1) is 14.0. The van der Waals surface area contributed by atoms with E-state index in [0.29, 0.717) is 6.61 Å². The lowest BCUT2D eigenvalue weighted by molar-refractivity contribution is -0.159. The van der Waals surface area contributed by atoms with E-state index in [1.54, 1.807) is 0 Å². The van der Waals surface area contributed by atoms with Gasteiger partial charge in [0.1, 0.15) is 6.61 Å². The first kappa shape index (κ1) is 20.2. The Hall–Kier alpha value is -2.04. The normalized spacial score (nSPS) is 29.4. The van der Waals surface area contributed by atoms with Gasteiger partial charge in [0.05, 0.1) is 5.41 Å². The molecular formula is C24H33NO4. The molecule has 0 unspecified atom stereocenters. The fraction of sp³-hybridized carbons (Fsp3) is 0.667. The number of nitrogens with zero attached hydrogens (tertiary/aromatic N) is 1. The van der Waals surface area contributed by atoms with Gasteiger partial charge in [0.25, 0.3) is 0 Å². The average Bonchev–Trinajstić information content (AvgIpc) is 2.78. The van der Waals surface area contributed by atoms with Gasteiger partial charge in [0.15, 0.2) is 0 Å². The van der Waals surface area contributed by atoms with E-state index in [4.69, 9.17) is 4.74 Å². The highest BCUT2D eigenvalue weighted by Gasteiger charge is 2.53. The van der Waals surface area contributed by atoms with Crippen molar-refractivity contribution < 1.29 is 19.4 Å². The quantitative estimate of drug-likeness (QED) is 0.697. The number of carbonyl (C=O) groups is 2. The topological polar surface area (TPSA) is 66.8 Å². The number of amides is 1. The van der Waals surface area contributed by atoms with Gasteiger partial charge in [-0.25, -0.2) is 4.79 Å². The molecule has 5 nitrogen and oxygen atoms in total. The summed E-state index contributed by atoms with van der Waals surface area (Å²) in [4.78, 5) is 26.9. The van der Waals surface area contributed by atoms with Crippen LogP contribution < -0.4 is 0 Å². The number of hydrogen-bond donors (Lipinski definition) is 1. The molecule has 1 amide bonds. The maximum Gasteiger partial charge on any atom is 0.410 e. The third kappa shape index (κ3) is 4.29.